The van der Waals surface area contributed by atoms with Crippen LogP contribution in [0.25, 0.3) is 0 Å². The first-order valence-corrected chi connectivity index (χ1v) is 10.8. The predicted octanol–water partition coefficient (Wildman–Crippen LogP) is 5.18. The van der Waals surface area contributed by atoms with E-state index < -0.39 is 15.9 Å². The van der Waals surface area contributed by atoms with E-state index in [0.29, 0.717) is 16.4 Å². The van der Waals surface area contributed by atoms with Crippen molar-refractivity contribution in [3.63, 3.8) is 0 Å². The standard InChI is InChI=1S/C20H16BrClN2O3S/c1-24(18-9-4-7-16(22)13-18)28(26,27)19-10-2-5-14(11-19)20(25)23-17-8-3-6-15(21)12-17/h2-13H,1H3,(H,23,25). The molecule has 0 aliphatic carbocycles. The third-order valence-electron chi connectivity index (χ3n) is 4.01. The molecule has 0 heterocycles. The molecule has 1 amide bonds. The van der Waals surface area contributed by atoms with Gasteiger partial charge >= 0.3 is 0 Å². The SMILES string of the molecule is CN(c1cccc(Cl)c1)S(=O)(=O)c1cccc(C(=O)Nc2cccc(Br)c2)c1. The van der Waals surface area contributed by atoms with Crippen LogP contribution in [0.1, 0.15) is 10.4 Å². The van der Waals surface area contributed by atoms with Gasteiger partial charge in [0.05, 0.1) is 10.6 Å². The number of nitrogens with zero attached hydrogens (tertiary/aromatic N) is 1. The summed E-state index contributed by atoms with van der Waals surface area (Å²) in [6.45, 7) is 0. The number of benzene rings is 3. The zero-order valence-corrected chi connectivity index (χ0v) is 17.9. The lowest BCUT2D eigenvalue weighted by molar-refractivity contribution is 0.102. The minimum atomic E-state index is -3.86. The maximum absolute atomic E-state index is 13.0. The van der Waals surface area contributed by atoms with Crippen molar-refractivity contribution in [3.8, 4) is 0 Å². The third kappa shape index (κ3) is 4.55. The van der Waals surface area contributed by atoms with Crippen molar-refractivity contribution < 1.29 is 13.2 Å². The fourth-order valence-electron chi connectivity index (χ4n) is 2.54. The minimum absolute atomic E-state index is 0.0110. The molecule has 0 unspecified atom stereocenters. The summed E-state index contributed by atoms with van der Waals surface area (Å²) in [7, 11) is -2.42. The molecular formula is C20H16BrClN2O3S. The van der Waals surface area contributed by atoms with E-state index in [1.807, 2.05) is 6.07 Å². The molecule has 3 aromatic carbocycles. The van der Waals surface area contributed by atoms with Crippen LogP contribution in [0.4, 0.5) is 11.4 Å². The number of carbonyl (C=O) groups excluding carboxylic acids is 1. The summed E-state index contributed by atoms with van der Waals surface area (Å²) >= 11 is 9.31. The zero-order chi connectivity index (χ0) is 20.3. The van der Waals surface area contributed by atoms with E-state index in [1.54, 1.807) is 48.5 Å². The summed E-state index contributed by atoms with van der Waals surface area (Å²) in [6.07, 6.45) is 0. The van der Waals surface area contributed by atoms with E-state index in [1.165, 1.54) is 25.2 Å². The van der Waals surface area contributed by atoms with Crippen molar-refractivity contribution in [2.24, 2.45) is 0 Å². The largest absolute Gasteiger partial charge is 0.322 e. The summed E-state index contributed by atoms with van der Waals surface area (Å²) in [5.74, 6) is -0.402. The molecule has 0 saturated heterocycles. The Morgan fingerprint density at radius 2 is 1.71 bits per heavy atom. The number of halogens is 2. The molecule has 0 aliphatic rings. The highest BCUT2D eigenvalue weighted by molar-refractivity contribution is 9.10. The van der Waals surface area contributed by atoms with Crippen LogP contribution in [-0.4, -0.2) is 21.4 Å². The van der Waals surface area contributed by atoms with Crippen LogP contribution >= 0.6 is 27.5 Å². The Balaban J connectivity index is 1.88. The quantitative estimate of drug-likeness (QED) is 0.548. The lowest BCUT2D eigenvalue weighted by Crippen LogP contribution is -2.26. The van der Waals surface area contributed by atoms with Crippen LogP contribution in [0, 0.1) is 0 Å². The highest BCUT2D eigenvalue weighted by Crippen LogP contribution is 2.25. The van der Waals surface area contributed by atoms with Crippen LogP contribution in [0.15, 0.2) is 82.2 Å². The van der Waals surface area contributed by atoms with E-state index in [2.05, 4.69) is 21.2 Å². The van der Waals surface area contributed by atoms with Gasteiger partial charge in [-0.3, -0.25) is 9.10 Å². The second-order valence-corrected chi connectivity index (χ2v) is 9.27. The average molecular weight is 480 g/mol. The zero-order valence-electron chi connectivity index (χ0n) is 14.8. The molecule has 0 bridgehead atoms. The van der Waals surface area contributed by atoms with Gasteiger partial charge in [-0.05, 0) is 54.6 Å². The van der Waals surface area contributed by atoms with E-state index in [-0.39, 0.29) is 10.5 Å². The van der Waals surface area contributed by atoms with E-state index >= 15 is 0 Å². The molecule has 144 valence electrons. The first kappa shape index (κ1) is 20.4. The Morgan fingerprint density at radius 3 is 2.43 bits per heavy atom. The van der Waals surface area contributed by atoms with Gasteiger partial charge in [0.15, 0.2) is 0 Å². The fourth-order valence-corrected chi connectivity index (χ4v) is 4.35. The van der Waals surface area contributed by atoms with Gasteiger partial charge in [0.2, 0.25) is 0 Å². The lowest BCUT2D eigenvalue weighted by atomic mass is 10.2. The Labute approximate surface area is 177 Å². The molecule has 28 heavy (non-hydrogen) atoms. The van der Waals surface area contributed by atoms with Gasteiger partial charge in [-0.1, -0.05) is 45.7 Å². The summed E-state index contributed by atoms with van der Waals surface area (Å²) in [5, 5.41) is 3.18. The summed E-state index contributed by atoms with van der Waals surface area (Å²) < 4.78 is 27.9. The Hall–Kier alpha value is -2.35. The number of hydrogen-bond donors (Lipinski definition) is 1. The van der Waals surface area contributed by atoms with Crippen LogP contribution in [0.2, 0.25) is 5.02 Å². The molecule has 0 saturated carbocycles. The van der Waals surface area contributed by atoms with Crippen LogP contribution in [0.5, 0.6) is 0 Å². The molecule has 1 N–H and O–H groups in total. The predicted molar refractivity (Wildman–Crippen MR) is 116 cm³/mol. The molecule has 0 aromatic heterocycles. The molecule has 0 aliphatic heterocycles. The van der Waals surface area contributed by atoms with Gasteiger partial charge in [0, 0.05) is 27.8 Å². The van der Waals surface area contributed by atoms with Gasteiger partial charge in [-0.25, -0.2) is 8.42 Å². The highest BCUT2D eigenvalue weighted by Gasteiger charge is 2.22. The van der Waals surface area contributed by atoms with Gasteiger partial charge in [-0.15, -0.1) is 0 Å². The van der Waals surface area contributed by atoms with Crippen molar-refractivity contribution in [2.45, 2.75) is 4.90 Å². The lowest BCUT2D eigenvalue weighted by Gasteiger charge is -2.20. The first-order valence-electron chi connectivity index (χ1n) is 8.19. The third-order valence-corrected chi connectivity index (χ3v) is 6.52. The van der Waals surface area contributed by atoms with Crippen molar-refractivity contribution in [1.29, 1.82) is 0 Å². The molecule has 0 fully saturated rings. The monoisotopic (exact) mass is 478 g/mol. The van der Waals surface area contributed by atoms with E-state index in [4.69, 9.17) is 11.6 Å². The number of hydrogen-bond acceptors (Lipinski definition) is 3. The van der Waals surface area contributed by atoms with Crippen LogP contribution in [0.3, 0.4) is 0 Å². The topological polar surface area (TPSA) is 66.5 Å². The molecule has 8 heteroatoms. The Morgan fingerprint density at radius 1 is 1.00 bits per heavy atom. The number of anilines is 2. The number of carbonyl (C=O) groups is 1. The van der Waals surface area contributed by atoms with Gasteiger partial charge in [0.25, 0.3) is 15.9 Å². The maximum Gasteiger partial charge on any atom is 0.264 e. The van der Waals surface area contributed by atoms with Gasteiger partial charge < -0.3 is 5.32 Å². The molecule has 0 radical (unpaired) electrons. The summed E-state index contributed by atoms with van der Waals surface area (Å²) in [4.78, 5) is 12.5. The van der Waals surface area contributed by atoms with E-state index in [9.17, 15) is 13.2 Å². The van der Waals surface area contributed by atoms with Crippen LogP contribution < -0.4 is 9.62 Å². The highest BCUT2D eigenvalue weighted by atomic mass is 79.9. The average Bonchev–Trinajstić information content (AvgIpc) is 2.67. The number of rotatable bonds is 5. The second kappa shape index (κ2) is 8.34. The van der Waals surface area contributed by atoms with Crippen molar-refractivity contribution >= 4 is 54.8 Å². The first-order chi connectivity index (χ1) is 13.3. The Bertz CT molecular complexity index is 1140. The number of amides is 1. The molecular weight excluding hydrogens is 464 g/mol. The van der Waals surface area contributed by atoms with Crippen molar-refractivity contribution in [2.75, 3.05) is 16.7 Å². The van der Waals surface area contributed by atoms with Crippen molar-refractivity contribution in [1.82, 2.24) is 0 Å². The molecule has 5 nitrogen and oxygen atoms in total. The molecule has 3 rings (SSSR count). The Kier molecular flexibility index (Phi) is 6.07. The van der Waals surface area contributed by atoms with Gasteiger partial charge in [-0.2, -0.15) is 0 Å². The molecule has 0 atom stereocenters. The fraction of sp³-hybridized carbons (Fsp3) is 0.0500. The smallest absolute Gasteiger partial charge is 0.264 e. The van der Waals surface area contributed by atoms with Crippen molar-refractivity contribution in [3.05, 3.63) is 87.9 Å². The second-order valence-electron chi connectivity index (χ2n) is 5.94. The number of nitrogens with one attached hydrogen (secondary N) is 1. The van der Waals surface area contributed by atoms with Gasteiger partial charge in [0.1, 0.15) is 0 Å². The molecule has 3 aromatic rings. The molecule has 0 spiro atoms. The summed E-state index contributed by atoms with van der Waals surface area (Å²) in [5.41, 5.74) is 1.26. The maximum atomic E-state index is 13.0. The normalized spacial score (nSPS) is 11.1. The summed E-state index contributed by atoms with van der Waals surface area (Å²) in [6, 6.07) is 19.6. The van der Waals surface area contributed by atoms with Crippen LogP contribution in [-0.2, 0) is 10.0 Å². The number of sulfonamides is 1. The minimum Gasteiger partial charge on any atom is -0.322 e. The van der Waals surface area contributed by atoms with E-state index in [0.717, 1.165) is 8.78 Å².